The van der Waals surface area contributed by atoms with Crippen LogP contribution in [0.4, 0.5) is 0 Å². The Morgan fingerprint density at radius 2 is 2.54 bits per heavy atom. The van der Waals surface area contributed by atoms with Crippen molar-refractivity contribution in [1.82, 2.24) is 20.9 Å². The third-order valence-corrected chi connectivity index (χ3v) is 1.76. The Morgan fingerprint density at radius 1 is 1.77 bits per heavy atom. The molecule has 13 heavy (non-hydrogen) atoms. The molecule has 0 aliphatic carbocycles. The van der Waals surface area contributed by atoms with Crippen LogP contribution in [-0.2, 0) is 0 Å². The number of hydrogen-bond donors (Lipinski definition) is 3. The number of aryl methyl sites for hydroxylation is 1. The van der Waals surface area contributed by atoms with E-state index in [-0.39, 0.29) is 0 Å². The first-order chi connectivity index (χ1) is 6.24. The highest BCUT2D eigenvalue weighted by atomic mass is 32.1. The number of nitrogens with zero attached hydrogens (tertiary/aromatic N) is 2. The first-order valence-electron chi connectivity index (χ1n) is 3.75. The molecule has 0 spiro atoms. The molecular formula is C7H11N5S. The van der Waals surface area contributed by atoms with Gasteiger partial charge < -0.3 is 5.32 Å². The van der Waals surface area contributed by atoms with Crippen molar-refractivity contribution in [1.29, 1.82) is 0 Å². The van der Waals surface area contributed by atoms with E-state index in [1.54, 1.807) is 19.5 Å². The molecular weight excluding hydrogens is 186 g/mol. The Kier molecular flexibility index (Phi) is 3.39. The zero-order chi connectivity index (χ0) is 9.68. The maximum absolute atomic E-state index is 4.82. The van der Waals surface area contributed by atoms with Crippen LogP contribution < -0.4 is 10.7 Å². The van der Waals surface area contributed by atoms with Crippen LogP contribution in [0.3, 0.4) is 0 Å². The first kappa shape index (κ1) is 9.66. The summed E-state index contributed by atoms with van der Waals surface area (Å²) in [4.78, 5) is 0. The van der Waals surface area contributed by atoms with Gasteiger partial charge in [0.05, 0.1) is 12.4 Å². The topological polar surface area (TPSA) is 65.1 Å². The molecule has 5 nitrogen and oxygen atoms in total. The average molecular weight is 197 g/mol. The zero-order valence-electron chi connectivity index (χ0n) is 7.46. The van der Waals surface area contributed by atoms with Crippen molar-refractivity contribution in [2.45, 2.75) is 6.92 Å². The average Bonchev–Trinajstić information content (AvgIpc) is 2.52. The van der Waals surface area contributed by atoms with Gasteiger partial charge >= 0.3 is 0 Å². The van der Waals surface area contributed by atoms with Crippen molar-refractivity contribution < 1.29 is 0 Å². The smallest absolute Gasteiger partial charge is 0.186 e. The van der Waals surface area contributed by atoms with E-state index in [4.69, 9.17) is 12.2 Å². The molecule has 0 saturated heterocycles. The SMILES string of the molecule is CNC(=S)N/N=C/c1cn[nH]c1C. The van der Waals surface area contributed by atoms with Crippen molar-refractivity contribution >= 4 is 23.5 Å². The van der Waals surface area contributed by atoms with Crippen LogP contribution in [-0.4, -0.2) is 28.6 Å². The third-order valence-electron chi connectivity index (χ3n) is 1.47. The maximum atomic E-state index is 4.82. The zero-order valence-corrected chi connectivity index (χ0v) is 8.27. The molecule has 1 heterocycles. The molecule has 0 bridgehead atoms. The van der Waals surface area contributed by atoms with E-state index in [2.05, 4.69) is 26.0 Å². The predicted octanol–water partition coefficient (Wildman–Crippen LogP) is 0.146. The summed E-state index contributed by atoms with van der Waals surface area (Å²) in [6.45, 7) is 1.92. The van der Waals surface area contributed by atoms with Gasteiger partial charge in [0.25, 0.3) is 0 Å². The summed E-state index contributed by atoms with van der Waals surface area (Å²) in [5, 5.41) is 13.8. The molecule has 0 amide bonds. The summed E-state index contributed by atoms with van der Waals surface area (Å²) in [6, 6.07) is 0. The Labute approximate surface area is 81.6 Å². The predicted molar refractivity (Wildman–Crippen MR) is 55.7 cm³/mol. The van der Waals surface area contributed by atoms with Gasteiger partial charge in [0.2, 0.25) is 0 Å². The molecule has 0 aliphatic rings. The molecule has 1 aromatic rings. The Morgan fingerprint density at radius 3 is 3.08 bits per heavy atom. The second-order valence-corrected chi connectivity index (χ2v) is 2.81. The Bertz CT molecular complexity index is 316. The normalized spacial score (nSPS) is 10.3. The standard InChI is InChI=1S/C7H11N5S/c1-5-6(3-9-11-5)4-10-12-7(13)8-2/h3-4H,1-2H3,(H,9,11)(H2,8,12,13)/b10-4+. The molecule has 70 valence electrons. The molecule has 0 aromatic carbocycles. The lowest BCUT2D eigenvalue weighted by Gasteiger charge is -1.98. The Balaban J connectivity index is 2.50. The highest BCUT2D eigenvalue weighted by Crippen LogP contribution is 1.96. The lowest BCUT2D eigenvalue weighted by molar-refractivity contribution is 0.981. The van der Waals surface area contributed by atoms with Crippen LogP contribution in [0.1, 0.15) is 11.3 Å². The molecule has 0 unspecified atom stereocenters. The second kappa shape index (κ2) is 4.56. The van der Waals surface area contributed by atoms with Crippen molar-refractivity contribution in [3.05, 3.63) is 17.5 Å². The van der Waals surface area contributed by atoms with E-state index in [9.17, 15) is 0 Å². The lowest BCUT2D eigenvalue weighted by Crippen LogP contribution is -2.28. The van der Waals surface area contributed by atoms with Crippen LogP contribution in [0.15, 0.2) is 11.3 Å². The molecule has 1 aromatic heterocycles. The van der Waals surface area contributed by atoms with E-state index < -0.39 is 0 Å². The number of aromatic nitrogens is 2. The number of hydrogen-bond acceptors (Lipinski definition) is 3. The summed E-state index contributed by atoms with van der Waals surface area (Å²) in [7, 11) is 1.73. The number of nitrogens with one attached hydrogen (secondary N) is 3. The molecule has 0 fully saturated rings. The summed E-state index contributed by atoms with van der Waals surface area (Å²) < 4.78 is 0. The molecule has 0 atom stereocenters. The molecule has 0 saturated carbocycles. The van der Waals surface area contributed by atoms with Crippen molar-refractivity contribution in [2.24, 2.45) is 5.10 Å². The van der Waals surface area contributed by atoms with Crippen LogP contribution in [0.2, 0.25) is 0 Å². The van der Waals surface area contributed by atoms with Crippen LogP contribution in [0, 0.1) is 6.92 Å². The van der Waals surface area contributed by atoms with Gasteiger partial charge in [0.15, 0.2) is 5.11 Å². The van der Waals surface area contributed by atoms with Crippen molar-refractivity contribution in [3.63, 3.8) is 0 Å². The Hall–Kier alpha value is -1.43. The highest BCUT2D eigenvalue weighted by molar-refractivity contribution is 7.80. The summed E-state index contributed by atoms with van der Waals surface area (Å²) in [6.07, 6.45) is 3.35. The van der Waals surface area contributed by atoms with E-state index in [0.29, 0.717) is 5.11 Å². The fourth-order valence-electron chi connectivity index (χ4n) is 0.707. The van der Waals surface area contributed by atoms with Gasteiger partial charge in [-0.1, -0.05) is 0 Å². The third kappa shape index (κ3) is 2.83. The molecule has 6 heteroatoms. The van der Waals surface area contributed by atoms with Crippen LogP contribution in [0.25, 0.3) is 0 Å². The van der Waals surface area contributed by atoms with Gasteiger partial charge in [0, 0.05) is 18.3 Å². The van der Waals surface area contributed by atoms with Crippen molar-refractivity contribution in [2.75, 3.05) is 7.05 Å². The second-order valence-electron chi connectivity index (χ2n) is 2.40. The van der Waals surface area contributed by atoms with E-state index in [0.717, 1.165) is 11.3 Å². The van der Waals surface area contributed by atoms with Gasteiger partial charge in [-0.2, -0.15) is 10.2 Å². The molecule has 1 rings (SSSR count). The van der Waals surface area contributed by atoms with Crippen LogP contribution in [0.5, 0.6) is 0 Å². The van der Waals surface area contributed by atoms with Crippen molar-refractivity contribution in [3.8, 4) is 0 Å². The fourth-order valence-corrected chi connectivity index (χ4v) is 0.759. The summed E-state index contributed by atoms with van der Waals surface area (Å²) in [5.74, 6) is 0. The van der Waals surface area contributed by atoms with E-state index in [1.807, 2.05) is 6.92 Å². The number of rotatable bonds is 2. The lowest BCUT2D eigenvalue weighted by atomic mass is 10.3. The molecule has 0 radical (unpaired) electrons. The van der Waals surface area contributed by atoms with Gasteiger partial charge in [-0.25, -0.2) is 0 Å². The highest BCUT2D eigenvalue weighted by Gasteiger charge is 1.94. The monoisotopic (exact) mass is 197 g/mol. The number of H-pyrrole nitrogens is 1. The minimum Gasteiger partial charge on any atom is -0.364 e. The first-order valence-corrected chi connectivity index (χ1v) is 4.15. The van der Waals surface area contributed by atoms with Crippen LogP contribution >= 0.6 is 12.2 Å². The minimum absolute atomic E-state index is 0.484. The van der Waals surface area contributed by atoms with E-state index in [1.165, 1.54) is 0 Å². The van der Waals surface area contributed by atoms with E-state index >= 15 is 0 Å². The summed E-state index contributed by atoms with van der Waals surface area (Å²) >= 11 is 4.82. The fraction of sp³-hybridized carbons (Fsp3) is 0.286. The number of thiocarbonyl (C=S) groups is 1. The summed E-state index contributed by atoms with van der Waals surface area (Å²) in [5.41, 5.74) is 4.56. The minimum atomic E-state index is 0.484. The largest absolute Gasteiger partial charge is 0.364 e. The number of hydrazone groups is 1. The van der Waals surface area contributed by atoms with Gasteiger partial charge in [-0.3, -0.25) is 10.5 Å². The maximum Gasteiger partial charge on any atom is 0.186 e. The van der Waals surface area contributed by atoms with Gasteiger partial charge in [0.1, 0.15) is 0 Å². The van der Waals surface area contributed by atoms with Gasteiger partial charge in [-0.05, 0) is 19.1 Å². The quantitative estimate of drug-likeness (QED) is 0.358. The molecule has 0 aliphatic heterocycles. The number of aromatic amines is 1. The van der Waals surface area contributed by atoms with Gasteiger partial charge in [-0.15, -0.1) is 0 Å². The molecule has 3 N–H and O–H groups in total.